The normalized spacial score (nSPS) is 11.2. The Labute approximate surface area is 118 Å². The van der Waals surface area contributed by atoms with Gasteiger partial charge in [-0.1, -0.05) is 31.5 Å². The quantitative estimate of drug-likeness (QED) is 0.715. The van der Waals surface area contributed by atoms with Crippen LogP contribution in [-0.4, -0.2) is 29.6 Å². The van der Waals surface area contributed by atoms with Crippen LogP contribution in [0.25, 0.3) is 0 Å². The molecule has 1 rings (SSSR count). The Kier molecular flexibility index (Phi) is 8.57. The fourth-order valence-corrected chi connectivity index (χ4v) is 1.54. The molecule has 0 spiro atoms. The molecule has 1 aromatic rings. The number of benzene rings is 1. The van der Waals surface area contributed by atoms with Crippen LogP contribution in [0.4, 0.5) is 5.69 Å². The predicted molar refractivity (Wildman–Crippen MR) is 76.7 cm³/mol. The van der Waals surface area contributed by atoms with Crippen LogP contribution in [0, 0.1) is 0 Å². The largest absolute Gasteiger partial charge is 0.480 e. The highest BCUT2D eigenvalue weighted by molar-refractivity contribution is 5.92. The minimum Gasteiger partial charge on any atom is -0.480 e. The van der Waals surface area contributed by atoms with E-state index in [1.807, 2.05) is 25.1 Å². The van der Waals surface area contributed by atoms with E-state index in [0.29, 0.717) is 12.1 Å². The molecule has 0 radical (unpaired) electrons. The summed E-state index contributed by atoms with van der Waals surface area (Å²) in [6, 6.07) is 8.38. The lowest BCUT2D eigenvalue weighted by molar-refractivity contribution is -0.139. The SMILES string of the molecule is CCCC(NCC(=O)Nc1ccccc1)C(=O)O.Cl. The van der Waals surface area contributed by atoms with Gasteiger partial charge >= 0.3 is 5.97 Å². The number of hydrogen-bond donors (Lipinski definition) is 3. The number of halogens is 1. The average Bonchev–Trinajstić information content (AvgIpc) is 2.35. The third-order valence-corrected chi connectivity index (χ3v) is 2.44. The van der Waals surface area contributed by atoms with Gasteiger partial charge in [0.15, 0.2) is 0 Å². The Morgan fingerprint density at radius 2 is 1.89 bits per heavy atom. The molecule has 0 saturated heterocycles. The maximum atomic E-state index is 11.6. The van der Waals surface area contributed by atoms with Crippen molar-refractivity contribution in [3.8, 4) is 0 Å². The van der Waals surface area contributed by atoms with Crippen LogP contribution < -0.4 is 10.6 Å². The highest BCUT2D eigenvalue weighted by Crippen LogP contribution is 2.04. The van der Waals surface area contributed by atoms with Crippen LogP contribution in [0.3, 0.4) is 0 Å². The van der Waals surface area contributed by atoms with Crippen molar-refractivity contribution in [1.82, 2.24) is 5.32 Å². The fourth-order valence-electron chi connectivity index (χ4n) is 1.54. The van der Waals surface area contributed by atoms with Gasteiger partial charge in [0.2, 0.25) is 5.91 Å². The van der Waals surface area contributed by atoms with Crippen molar-refractivity contribution in [3.05, 3.63) is 30.3 Å². The van der Waals surface area contributed by atoms with E-state index in [9.17, 15) is 9.59 Å². The van der Waals surface area contributed by atoms with Crippen molar-refractivity contribution >= 4 is 30.0 Å². The van der Waals surface area contributed by atoms with Crippen molar-refractivity contribution in [2.24, 2.45) is 0 Å². The summed E-state index contributed by atoms with van der Waals surface area (Å²) in [5.74, 6) is -1.17. The second kappa shape index (κ2) is 9.35. The van der Waals surface area contributed by atoms with Gasteiger partial charge in [-0.3, -0.25) is 14.9 Å². The summed E-state index contributed by atoms with van der Waals surface area (Å²) < 4.78 is 0. The number of amides is 1. The molecular weight excluding hydrogens is 268 g/mol. The van der Waals surface area contributed by atoms with E-state index in [0.717, 1.165) is 6.42 Å². The minimum atomic E-state index is -0.927. The standard InChI is InChI=1S/C13H18N2O3.ClH/c1-2-6-11(13(17)18)14-9-12(16)15-10-7-4-3-5-8-10;/h3-5,7-8,11,14H,2,6,9H2,1H3,(H,15,16)(H,17,18);1H. The molecule has 0 aliphatic rings. The lowest BCUT2D eigenvalue weighted by Crippen LogP contribution is -2.41. The number of rotatable bonds is 7. The molecule has 0 saturated carbocycles. The molecule has 0 aliphatic carbocycles. The van der Waals surface area contributed by atoms with E-state index in [4.69, 9.17) is 5.11 Å². The number of carboxylic acids is 1. The van der Waals surface area contributed by atoms with E-state index < -0.39 is 12.0 Å². The topological polar surface area (TPSA) is 78.4 Å². The molecular formula is C13H19ClN2O3. The number of carbonyl (C=O) groups is 2. The molecule has 3 N–H and O–H groups in total. The molecule has 1 aromatic carbocycles. The summed E-state index contributed by atoms with van der Waals surface area (Å²) in [6.45, 7) is 1.90. The van der Waals surface area contributed by atoms with Gasteiger partial charge in [-0.2, -0.15) is 0 Å². The monoisotopic (exact) mass is 286 g/mol. The number of nitrogens with one attached hydrogen (secondary N) is 2. The zero-order valence-electron chi connectivity index (χ0n) is 10.8. The first-order valence-corrected chi connectivity index (χ1v) is 5.94. The van der Waals surface area contributed by atoms with Gasteiger partial charge in [-0.15, -0.1) is 12.4 Å². The lowest BCUT2D eigenvalue weighted by Gasteiger charge is -2.13. The molecule has 5 nitrogen and oxygen atoms in total. The minimum absolute atomic E-state index is 0. The zero-order chi connectivity index (χ0) is 13.4. The first-order valence-electron chi connectivity index (χ1n) is 5.94. The molecule has 0 heterocycles. The molecule has 6 heteroatoms. The maximum absolute atomic E-state index is 11.6. The summed E-state index contributed by atoms with van der Waals surface area (Å²) in [6.07, 6.45) is 1.26. The zero-order valence-corrected chi connectivity index (χ0v) is 11.6. The molecule has 0 fully saturated rings. The van der Waals surface area contributed by atoms with Gasteiger partial charge in [0.05, 0.1) is 6.54 Å². The van der Waals surface area contributed by atoms with Crippen molar-refractivity contribution in [3.63, 3.8) is 0 Å². The van der Waals surface area contributed by atoms with Crippen LogP contribution >= 0.6 is 12.4 Å². The molecule has 1 unspecified atom stereocenters. The van der Waals surface area contributed by atoms with E-state index >= 15 is 0 Å². The molecule has 1 atom stereocenters. The first kappa shape index (κ1) is 17.4. The van der Waals surface area contributed by atoms with Gasteiger partial charge in [0, 0.05) is 5.69 Å². The smallest absolute Gasteiger partial charge is 0.320 e. The third kappa shape index (κ3) is 6.79. The van der Waals surface area contributed by atoms with Gasteiger partial charge in [-0.05, 0) is 18.6 Å². The van der Waals surface area contributed by atoms with E-state index in [2.05, 4.69) is 10.6 Å². The van der Waals surface area contributed by atoms with E-state index in [-0.39, 0.29) is 24.9 Å². The Morgan fingerprint density at radius 1 is 1.26 bits per heavy atom. The second-order valence-corrected chi connectivity index (χ2v) is 3.97. The van der Waals surface area contributed by atoms with Crippen LogP contribution in [0.1, 0.15) is 19.8 Å². The van der Waals surface area contributed by atoms with Crippen molar-refractivity contribution in [1.29, 1.82) is 0 Å². The van der Waals surface area contributed by atoms with Gasteiger partial charge in [0.1, 0.15) is 6.04 Å². The van der Waals surface area contributed by atoms with Crippen LogP contribution in [-0.2, 0) is 9.59 Å². The second-order valence-electron chi connectivity index (χ2n) is 3.97. The fraction of sp³-hybridized carbons (Fsp3) is 0.385. The highest BCUT2D eigenvalue weighted by Gasteiger charge is 2.16. The first-order chi connectivity index (χ1) is 8.63. The molecule has 1 amide bonds. The number of aliphatic carboxylic acids is 1. The number of para-hydroxylation sites is 1. The maximum Gasteiger partial charge on any atom is 0.320 e. The van der Waals surface area contributed by atoms with E-state index in [1.54, 1.807) is 12.1 Å². The summed E-state index contributed by atoms with van der Waals surface area (Å²) in [4.78, 5) is 22.4. The number of hydrogen-bond acceptors (Lipinski definition) is 3. The Bertz CT molecular complexity index is 398. The summed E-state index contributed by atoms with van der Waals surface area (Å²) in [7, 11) is 0. The van der Waals surface area contributed by atoms with Crippen molar-refractivity contribution in [2.75, 3.05) is 11.9 Å². The highest BCUT2D eigenvalue weighted by atomic mass is 35.5. The molecule has 0 aromatic heterocycles. The number of anilines is 1. The van der Waals surface area contributed by atoms with Gasteiger partial charge in [0.25, 0.3) is 0 Å². The van der Waals surface area contributed by atoms with Crippen LogP contribution in [0.5, 0.6) is 0 Å². The average molecular weight is 287 g/mol. The summed E-state index contributed by atoms with van der Waals surface area (Å²) in [5.41, 5.74) is 0.701. The predicted octanol–water partition coefficient (Wildman–Crippen LogP) is 1.89. The number of carboxylic acid groups (broad SMARTS) is 1. The Hall–Kier alpha value is -1.59. The summed E-state index contributed by atoms with van der Waals surface area (Å²) >= 11 is 0. The van der Waals surface area contributed by atoms with Crippen molar-refractivity contribution < 1.29 is 14.7 Å². The van der Waals surface area contributed by atoms with Crippen LogP contribution in [0.2, 0.25) is 0 Å². The van der Waals surface area contributed by atoms with Crippen LogP contribution in [0.15, 0.2) is 30.3 Å². The lowest BCUT2D eigenvalue weighted by atomic mass is 10.2. The van der Waals surface area contributed by atoms with Gasteiger partial charge < -0.3 is 10.4 Å². The molecule has 106 valence electrons. The number of carbonyl (C=O) groups excluding carboxylic acids is 1. The Balaban J connectivity index is 0.00000324. The Morgan fingerprint density at radius 3 is 2.42 bits per heavy atom. The molecule has 0 aliphatic heterocycles. The van der Waals surface area contributed by atoms with Crippen molar-refractivity contribution in [2.45, 2.75) is 25.8 Å². The third-order valence-electron chi connectivity index (χ3n) is 2.44. The summed E-state index contributed by atoms with van der Waals surface area (Å²) in [5, 5.41) is 14.3. The molecule has 19 heavy (non-hydrogen) atoms. The molecule has 0 bridgehead atoms. The van der Waals surface area contributed by atoms with Gasteiger partial charge in [-0.25, -0.2) is 0 Å². The van der Waals surface area contributed by atoms with E-state index in [1.165, 1.54) is 0 Å².